The number of sulfonamides is 1. The van der Waals surface area contributed by atoms with Crippen LogP contribution in [0.2, 0.25) is 0 Å². The van der Waals surface area contributed by atoms with Crippen molar-refractivity contribution in [3.63, 3.8) is 0 Å². The summed E-state index contributed by atoms with van der Waals surface area (Å²) >= 11 is 5.43. The molecule has 0 spiro atoms. The van der Waals surface area contributed by atoms with Crippen molar-refractivity contribution in [3.8, 4) is 6.07 Å². The summed E-state index contributed by atoms with van der Waals surface area (Å²) in [4.78, 5) is 0. The number of benzene rings is 1. The van der Waals surface area contributed by atoms with Crippen molar-refractivity contribution in [3.05, 3.63) is 35.4 Å². The van der Waals surface area contributed by atoms with E-state index >= 15 is 0 Å². The van der Waals surface area contributed by atoms with Gasteiger partial charge < -0.3 is 0 Å². The lowest BCUT2D eigenvalue weighted by molar-refractivity contribution is 0.468. The maximum atomic E-state index is 11.6. The lowest BCUT2D eigenvalue weighted by Crippen LogP contribution is -2.29. The Morgan fingerprint density at radius 1 is 1.35 bits per heavy atom. The van der Waals surface area contributed by atoms with Gasteiger partial charge in [-0.25, -0.2) is 12.7 Å². The summed E-state index contributed by atoms with van der Waals surface area (Å²) in [7, 11) is -1.77. The number of nitriles is 1. The summed E-state index contributed by atoms with van der Waals surface area (Å²) in [5, 5.41) is 8.64. The number of hydrogen-bond acceptors (Lipinski definition) is 3. The molecular weight excluding hydrogens is 260 g/mol. The van der Waals surface area contributed by atoms with Crippen LogP contribution in [-0.2, 0) is 16.6 Å². The van der Waals surface area contributed by atoms with E-state index in [9.17, 15) is 8.42 Å². The van der Waals surface area contributed by atoms with Crippen LogP contribution in [-0.4, -0.2) is 31.4 Å². The molecule has 4 nitrogen and oxygen atoms in total. The lowest BCUT2D eigenvalue weighted by atomic mass is 10.1. The molecule has 0 bridgehead atoms. The molecule has 0 amide bonds. The van der Waals surface area contributed by atoms with Crippen LogP contribution >= 0.6 is 11.6 Å². The maximum Gasteiger partial charge on any atom is 0.215 e. The second kappa shape index (κ2) is 6.01. The molecule has 1 aromatic carbocycles. The van der Waals surface area contributed by atoms with Gasteiger partial charge in [0, 0.05) is 19.5 Å². The van der Waals surface area contributed by atoms with Gasteiger partial charge in [-0.15, -0.1) is 11.6 Å². The Balaban J connectivity index is 2.75. The molecule has 0 aliphatic rings. The van der Waals surface area contributed by atoms with Crippen LogP contribution in [0.1, 0.15) is 11.1 Å². The fourth-order valence-electron chi connectivity index (χ4n) is 1.29. The van der Waals surface area contributed by atoms with Crippen molar-refractivity contribution in [2.75, 3.05) is 18.7 Å². The summed E-state index contributed by atoms with van der Waals surface area (Å²) in [6.45, 7) is 0.283. The van der Waals surface area contributed by atoms with Crippen molar-refractivity contribution >= 4 is 21.6 Å². The Labute approximate surface area is 106 Å². The van der Waals surface area contributed by atoms with Crippen molar-refractivity contribution in [2.45, 2.75) is 6.54 Å². The molecule has 0 saturated carbocycles. The number of rotatable bonds is 5. The second-order valence-corrected chi connectivity index (χ2v) is 6.14. The first-order valence-electron chi connectivity index (χ1n) is 4.98. The number of halogens is 1. The molecule has 0 atom stereocenters. The van der Waals surface area contributed by atoms with Crippen LogP contribution in [0, 0.1) is 11.3 Å². The van der Waals surface area contributed by atoms with Gasteiger partial charge in [0.05, 0.1) is 17.4 Å². The molecule has 0 radical (unpaired) electrons. The van der Waals surface area contributed by atoms with Crippen LogP contribution in [0.5, 0.6) is 0 Å². The molecule has 0 aromatic heterocycles. The minimum absolute atomic E-state index is 0.0681. The zero-order valence-corrected chi connectivity index (χ0v) is 11.0. The van der Waals surface area contributed by atoms with Gasteiger partial charge in [-0.05, 0) is 17.7 Å². The van der Waals surface area contributed by atoms with Gasteiger partial charge in [0.25, 0.3) is 0 Å². The van der Waals surface area contributed by atoms with Crippen LogP contribution < -0.4 is 0 Å². The normalized spacial score (nSPS) is 11.4. The van der Waals surface area contributed by atoms with Crippen molar-refractivity contribution in [1.29, 1.82) is 5.26 Å². The van der Waals surface area contributed by atoms with Gasteiger partial charge in [-0.1, -0.05) is 12.1 Å². The van der Waals surface area contributed by atoms with Gasteiger partial charge in [0.2, 0.25) is 10.0 Å². The summed E-state index contributed by atoms with van der Waals surface area (Å²) in [6.07, 6.45) is 0. The van der Waals surface area contributed by atoms with Crippen molar-refractivity contribution < 1.29 is 8.42 Å². The minimum atomic E-state index is -3.29. The van der Waals surface area contributed by atoms with Crippen LogP contribution in [0.4, 0.5) is 0 Å². The van der Waals surface area contributed by atoms with E-state index in [0.29, 0.717) is 5.56 Å². The molecule has 0 N–H and O–H groups in total. The van der Waals surface area contributed by atoms with E-state index in [1.54, 1.807) is 24.3 Å². The summed E-state index contributed by atoms with van der Waals surface area (Å²) in [6, 6.07) is 8.82. The minimum Gasteiger partial charge on any atom is -0.212 e. The predicted octanol–water partition coefficient (Wildman–Crippen LogP) is 1.56. The molecule has 0 fully saturated rings. The molecule has 6 heteroatoms. The standard InChI is InChI=1S/C11H13ClN2O2S/c1-14(17(15,16)7-6-12)9-11-4-2-10(8-13)3-5-11/h2-5H,6-7,9H2,1H3. The summed E-state index contributed by atoms with van der Waals surface area (Å²) in [5.41, 5.74) is 1.39. The SMILES string of the molecule is CN(Cc1ccc(C#N)cc1)S(=O)(=O)CCCl. The van der Waals surface area contributed by atoms with Crippen LogP contribution in [0.25, 0.3) is 0 Å². The van der Waals surface area contributed by atoms with E-state index in [4.69, 9.17) is 16.9 Å². The molecule has 0 heterocycles. The molecule has 17 heavy (non-hydrogen) atoms. The lowest BCUT2D eigenvalue weighted by Gasteiger charge is -2.16. The highest BCUT2D eigenvalue weighted by Gasteiger charge is 2.16. The predicted molar refractivity (Wildman–Crippen MR) is 67.1 cm³/mol. The van der Waals surface area contributed by atoms with E-state index < -0.39 is 10.0 Å². The van der Waals surface area contributed by atoms with Gasteiger partial charge in [-0.3, -0.25) is 0 Å². The monoisotopic (exact) mass is 272 g/mol. The van der Waals surface area contributed by atoms with E-state index in [1.165, 1.54) is 11.4 Å². The first kappa shape index (κ1) is 14.0. The van der Waals surface area contributed by atoms with Gasteiger partial charge in [0.1, 0.15) is 0 Å². The van der Waals surface area contributed by atoms with E-state index in [1.807, 2.05) is 6.07 Å². The molecule has 92 valence electrons. The third-order valence-corrected chi connectivity index (χ3v) is 4.51. The maximum absolute atomic E-state index is 11.6. The Kier molecular flexibility index (Phi) is 4.94. The van der Waals surface area contributed by atoms with Crippen LogP contribution in [0.3, 0.4) is 0 Å². The molecule has 0 saturated heterocycles. The Bertz CT molecular complexity index is 505. The van der Waals surface area contributed by atoms with Gasteiger partial charge >= 0.3 is 0 Å². The zero-order chi connectivity index (χ0) is 12.9. The molecule has 0 aliphatic carbocycles. The third-order valence-electron chi connectivity index (χ3n) is 2.30. The number of hydrogen-bond donors (Lipinski definition) is 0. The van der Waals surface area contributed by atoms with E-state index in [2.05, 4.69) is 0 Å². The Hall–Kier alpha value is -1.09. The van der Waals surface area contributed by atoms with Crippen molar-refractivity contribution in [1.82, 2.24) is 4.31 Å². The van der Waals surface area contributed by atoms with Gasteiger partial charge in [0.15, 0.2) is 0 Å². The second-order valence-electron chi connectivity index (χ2n) is 3.57. The molecule has 1 rings (SSSR count). The number of nitrogens with zero attached hydrogens (tertiary/aromatic N) is 2. The smallest absolute Gasteiger partial charge is 0.212 e. The first-order chi connectivity index (χ1) is 7.99. The first-order valence-corrected chi connectivity index (χ1v) is 7.13. The molecule has 0 aliphatic heterocycles. The number of alkyl halides is 1. The summed E-state index contributed by atoms with van der Waals surface area (Å²) < 4.78 is 24.6. The Morgan fingerprint density at radius 2 is 1.94 bits per heavy atom. The molecule has 1 aromatic rings. The highest BCUT2D eigenvalue weighted by molar-refractivity contribution is 7.89. The van der Waals surface area contributed by atoms with E-state index in [0.717, 1.165) is 5.56 Å². The van der Waals surface area contributed by atoms with Gasteiger partial charge in [-0.2, -0.15) is 5.26 Å². The Morgan fingerprint density at radius 3 is 2.41 bits per heavy atom. The largest absolute Gasteiger partial charge is 0.215 e. The molecule has 0 unspecified atom stereocenters. The topological polar surface area (TPSA) is 61.2 Å². The zero-order valence-electron chi connectivity index (χ0n) is 9.43. The average Bonchev–Trinajstić information content (AvgIpc) is 2.30. The fraction of sp³-hybridized carbons (Fsp3) is 0.364. The highest BCUT2D eigenvalue weighted by atomic mass is 35.5. The van der Waals surface area contributed by atoms with Crippen molar-refractivity contribution in [2.24, 2.45) is 0 Å². The molecular formula is C11H13ClN2O2S. The average molecular weight is 273 g/mol. The quantitative estimate of drug-likeness (QED) is 0.764. The summed E-state index contributed by atoms with van der Waals surface area (Å²) in [5.74, 6) is 0.0153. The third kappa shape index (κ3) is 4.00. The fourth-order valence-corrected chi connectivity index (χ4v) is 2.73. The van der Waals surface area contributed by atoms with Crippen LogP contribution in [0.15, 0.2) is 24.3 Å². The van der Waals surface area contributed by atoms with E-state index in [-0.39, 0.29) is 18.2 Å². The highest BCUT2D eigenvalue weighted by Crippen LogP contribution is 2.09.